The van der Waals surface area contributed by atoms with Gasteiger partial charge in [-0.15, -0.1) is 10.2 Å². The number of rotatable bonds is 4. The summed E-state index contributed by atoms with van der Waals surface area (Å²) in [4.78, 5) is 41.2. The quantitative estimate of drug-likeness (QED) is 0.470. The summed E-state index contributed by atoms with van der Waals surface area (Å²) in [7, 11) is 4.61. The molecule has 0 atom stereocenters. The van der Waals surface area contributed by atoms with Crippen LogP contribution in [0.4, 0.5) is 9.52 Å². The Balaban J connectivity index is 1.61. The molecular formula is C17H14FN7O3S2. The van der Waals surface area contributed by atoms with E-state index in [0.29, 0.717) is 9.50 Å². The molecule has 0 aliphatic carbocycles. The number of amides is 1. The van der Waals surface area contributed by atoms with E-state index in [4.69, 9.17) is 0 Å². The molecule has 0 unspecified atom stereocenters. The lowest BCUT2D eigenvalue weighted by Crippen LogP contribution is -2.37. The molecule has 0 saturated carbocycles. The number of imidazole rings is 1. The third-order valence-electron chi connectivity index (χ3n) is 4.33. The highest BCUT2D eigenvalue weighted by Gasteiger charge is 2.19. The molecule has 4 aromatic rings. The van der Waals surface area contributed by atoms with Gasteiger partial charge in [-0.2, -0.15) is 0 Å². The van der Waals surface area contributed by atoms with Crippen molar-refractivity contribution in [2.75, 3.05) is 5.32 Å². The first-order valence-electron chi connectivity index (χ1n) is 8.47. The Morgan fingerprint density at radius 1 is 1.13 bits per heavy atom. The van der Waals surface area contributed by atoms with Gasteiger partial charge in [-0.05, 0) is 30.0 Å². The molecule has 3 heterocycles. The Morgan fingerprint density at radius 2 is 1.90 bits per heavy atom. The Kier molecular flexibility index (Phi) is 4.99. The maximum Gasteiger partial charge on any atom is 0.332 e. The number of carbonyl (C=O) groups is 1. The van der Waals surface area contributed by atoms with Gasteiger partial charge >= 0.3 is 5.69 Å². The molecule has 1 aromatic carbocycles. The van der Waals surface area contributed by atoms with Gasteiger partial charge in [0.05, 0.1) is 0 Å². The minimum absolute atomic E-state index is 0.159. The Hall–Kier alpha value is -3.32. The summed E-state index contributed by atoms with van der Waals surface area (Å²) >= 11 is 2.24. The minimum Gasteiger partial charge on any atom is -0.316 e. The molecule has 0 bridgehead atoms. The zero-order chi connectivity index (χ0) is 21.6. The Bertz CT molecular complexity index is 1420. The van der Waals surface area contributed by atoms with Crippen LogP contribution in [0.2, 0.25) is 0 Å². The standard InChI is InChI=1S/C17H14FN7O3S2/c1-23-10-11(24(2)17(28)25(3)13(10)27)19-15(23)30-16-22-21-14(29-16)20-12(26)8-5-4-6-9(18)7-8/h4-7H,1-3H3,(H,20,21,26). The second-order valence-corrected chi connectivity index (χ2v) is 8.46. The number of hydrogen-bond acceptors (Lipinski definition) is 8. The fraction of sp³-hybridized carbons (Fsp3) is 0.176. The zero-order valence-electron chi connectivity index (χ0n) is 15.9. The maximum absolute atomic E-state index is 13.3. The SMILES string of the molecule is Cn1c(=O)c2c(nc(Sc3nnc(NC(=O)c4cccc(F)c4)s3)n2C)n(C)c1=O. The first-order valence-corrected chi connectivity index (χ1v) is 10.1. The lowest BCUT2D eigenvalue weighted by atomic mass is 10.2. The van der Waals surface area contributed by atoms with Gasteiger partial charge in [-0.1, -0.05) is 17.4 Å². The monoisotopic (exact) mass is 447 g/mol. The number of anilines is 1. The third-order valence-corrected chi connectivity index (χ3v) is 6.26. The van der Waals surface area contributed by atoms with Crippen molar-refractivity contribution in [2.45, 2.75) is 9.50 Å². The van der Waals surface area contributed by atoms with Crippen molar-refractivity contribution in [3.8, 4) is 0 Å². The summed E-state index contributed by atoms with van der Waals surface area (Å²) in [6.45, 7) is 0. The summed E-state index contributed by atoms with van der Waals surface area (Å²) < 4.78 is 17.6. The van der Waals surface area contributed by atoms with E-state index in [-0.39, 0.29) is 21.9 Å². The van der Waals surface area contributed by atoms with E-state index in [1.54, 1.807) is 11.6 Å². The molecule has 4 rings (SSSR count). The molecule has 13 heteroatoms. The number of aromatic nitrogens is 6. The van der Waals surface area contributed by atoms with Crippen molar-refractivity contribution in [3.63, 3.8) is 0 Å². The molecule has 1 amide bonds. The molecule has 0 radical (unpaired) electrons. The van der Waals surface area contributed by atoms with Crippen LogP contribution in [-0.2, 0) is 21.1 Å². The highest BCUT2D eigenvalue weighted by atomic mass is 32.2. The van der Waals surface area contributed by atoms with Gasteiger partial charge in [0, 0.05) is 26.7 Å². The Labute approximate surface area is 176 Å². The highest BCUT2D eigenvalue weighted by Crippen LogP contribution is 2.32. The van der Waals surface area contributed by atoms with E-state index in [1.807, 2.05) is 0 Å². The number of benzene rings is 1. The summed E-state index contributed by atoms with van der Waals surface area (Å²) in [5.74, 6) is -1.03. The largest absolute Gasteiger partial charge is 0.332 e. The molecular weight excluding hydrogens is 433 g/mol. The summed E-state index contributed by atoms with van der Waals surface area (Å²) in [6.07, 6.45) is 0. The maximum atomic E-state index is 13.3. The molecule has 1 N–H and O–H groups in total. The van der Waals surface area contributed by atoms with Crippen LogP contribution in [0.3, 0.4) is 0 Å². The number of aryl methyl sites for hydroxylation is 2. The number of carbonyl (C=O) groups excluding carboxylic acids is 1. The number of fused-ring (bicyclic) bond motifs is 1. The number of halogens is 1. The second kappa shape index (κ2) is 7.50. The minimum atomic E-state index is -0.515. The third kappa shape index (κ3) is 3.41. The molecule has 154 valence electrons. The normalized spacial score (nSPS) is 11.2. The van der Waals surface area contributed by atoms with E-state index in [2.05, 4.69) is 20.5 Å². The highest BCUT2D eigenvalue weighted by molar-refractivity contribution is 8.01. The van der Waals surface area contributed by atoms with Gasteiger partial charge < -0.3 is 4.57 Å². The van der Waals surface area contributed by atoms with Gasteiger partial charge in [0.25, 0.3) is 11.5 Å². The first kappa shape index (κ1) is 20.0. The van der Waals surface area contributed by atoms with Crippen LogP contribution in [0.25, 0.3) is 11.2 Å². The van der Waals surface area contributed by atoms with Crippen molar-refractivity contribution in [1.82, 2.24) is 28.9 Å². The van der Waals surface area contributed by atoms with E-state index in [1.165, 1.54) is 36.9 Å². The molecule has 0 fully saturated rings. The predicted octanol–water partition coefficient (Wildman–Crippen LogP) is 1.36. The molecule has 0 saturated heterocycles. The fourth-order valence-corrected chi connectivity index (χ4v) is 4.47. The van der Waals surface area contributed by atoms with Crippen LogP contribution in [-0.4, -0.2) is 34.8 Å². The molecule has 0 spiro atoms. The van der Waals surface area contributed by atoms with E-state index >= 15 is 0 Å². The molecule has 3 aromatic heterocycles. The molecule has 0 aliphatic heterocycles. The first-order chi connectivity index (χ1) is 14.3. The van der Waals surface area contributed by atoms with Crippen LogP contribution in [0.1, 0.15) is 10.4 Å². The Morgan fingerprint density at radius 3 is 2.63 bits per heavy atom. The van der Waals surface area contributed by atoms with Crippen molar-refractivity contribution in [2.24, 2.45) is 21.1 Å². The summed E-state index contributed by atoms with van der Waals surface area (Å²) in [5, 5.41) is 11.1. The van der Waals surface area contributed by atoms with Gasteiger partial charge in [-0.3, -0.25) is 24.0 Å². The van der Waals surface area contributed by atoms with Crippen LogP contribution in [0.5, 0.6) is 0 Å². The zero-order valence-corrected chi connectivity index (χ0v) is 17.5. The van der Waals surface area contributed by atoms with E-state index in [9.17, 15) is 18.8 Å². The topological polar surface area (TPSA) is 117 Å². The van der Waals surface area contributed by atoms with Crippen LogP contribution in [0.15, 0.2) is 43.4 Å². The van der Waals surface area contributed by atoms with E-state index in [0.717, 1.165) is 33.7 Å². The number of nitrogens with zero attached hydrogens (tertiary/aromatic N) is 6. The van der Waals surface area contributed by atoms with Gasteiger partial charge in [0.15, 0.2) is 20.7 Å². The second-order valence-electron chi connectivity index (χ2n) is 6.27. The summed E-state index contributed by atoms with van der Waals surface area (Å²) in [6, 6.07) is 5.29. The average molecular weight is 447 g/mol. The van der Waals surface area contributed by atoms with Crippen LogP contribution >= 0.6 is 23.1 Å². The fourth-order valence-electron chi connectivity index (χ4n) is 2.77. The van der Waals surface area contributed by atoms with Crippen molar-refractivity contribution in [1.29, 1.82) is 0 Å². The van der Waals surface area contributed by atoms with Crippen LogP contribution in [0, 0.1) is 5.82 Å². The smallest absolute Gasteiger partial charge is 0.316 e. The molecule has 10 nitrogen and oxygen atoms in total. The summed E-state index contributed by atoms with van der Waals surface area (Å²) in [5.41, 5.74) is -0.217. The number of hydrogen-bond donors (Lipinski definition) is 1. The number of nitrogens with one attached hydrogen (secondary N) is 1. The average Bonchev–Trinajstić information content (AvgIpc) is 3.29. The lowest BCUT2D eigenvalue weighted by molar-refractivity contribution is 0.102. The molecule has 30 heavy (non-hydrogen) atoms. The predicted molar refractivity (Wildman–Crippen MR) is 110 cm³/mol. The van der Waals surface area contributed by atoms with Crippen molar-refractivity contribution < 1.29 is 9.18 Å². The van der Waals surface area contributed by atoms with Gasteiger partial charge in [0.1, 0.15) is 5.82 Å². The van der Waals surface area contributed by atoms with Crippen molar-refractivity contribution in [3.05, 3.63) is 56.5 Å². The van der Waals surface area contributed by atoms with Crippen molar-refractivity contribution >= 4 is 45.3 Å². The lowest BCUT2D eigenvalue weighted by Gasteiger charge is -2.03. The van der Waals surface area contributed by atoms with Crippen LogP contribution < -0.4 is 16.6 Å². The van der Waals surface area contributed by atoms with Gasteiger partial charge in [-0.25, -0.2) is 14.2 Å². The van der Waals surface area contributed by atoms with Gasteiger partial charge in [0.2, 0.25) is 5.13 Å². The van der Waals surface area contributed by atoms with E-state index < -0.39 is 23.0 Å². The molecule has 0 aliphatic rings.